The second-order valence-corrected chi connectivity index (χ2v) is 8.24. The summed E-state index contributed by atoms with van der Waals surface area (Å²) in [7, 11) is 0. The number of carboxylic acids is 1. The van der Waals surface area contributed by atoms with Gasteiger partial charge >= 0.3 is 5.97 Å². The average Bonchev–Trinajstić information content (AvgIpc) is 2.79. The molecule has 0 bridgehead atoms. The SMILES string of the molecule is O=C(O)CCCCCCCCCC[n+]1ccc(/C=C/c2cccc3ccccc23)cc1. The smallest absolute Gasteiger partial charge is 0.303 e. The number of benzene rings is 2. The Morgan fingerprint density at radius 1 is 0.742 bits per heavy atom. The van der Waals surface area contributed by atoms with Crippen LogP contribution < -0.4 is 4.57 Å². The van der Waals surface area contributed by atoms with Gasteiger partial charge in [0, 0.05) is 25.0 Å². The van der Waals surface area contributed by atoms with Gasteiger partial charge in [0.05, 0.1) is 0 Å². The molecule has 0 spiro atoms. The van der Waals surface area contributed by atoms with Crippen molar-refractivity contribution >= 4 is 28.9 Å². The van der Waals surface area contributed by atoms with E-state index in [1.165, 1.54) is 54.0 Å². The summed E-state index contributed by atoms with van der Waals surface area (Å²) in [6.45, 7) is 1.06. The van der Waals surface area contributed by atoms with E-state index in [1.807, 2.05) is 0 Å². The number of unbranched alkanes of at least 4 members (excludes halogenated alkanes) is 7. The summed E-state index contributed by atoms with van der Waals surface area (Å²) < 4.78 is 2.27. The van der Waals surface area contributed by atoms with Crippen LogP contribution >= 0.6 is 0 Å². The Balaban J connectivity index is 1.35. The highest BCUT2D eigenvalue weighted by Gasteiger charge is 2.01. The lowest BCUT2D eigenvalue weighted by molar-refractivity contribution is -0.697. The summed E-state index contributed by atoms with van der Waals surface area (Å²) in [5, 5.41) is 11.2. The number of carbonyl (C=O) groups is 1. The number of aryl methyl sites for hydroxylation is 1. The van der Waals surface area contributed by atoms with Crippen molar-refractivity contribution in [2.24, 2.45) is 0 Å². The molecule has 2 aromatic carbocycles. The fraction of sp³-hybridized carbons (Fsp3) is 0.357. The highest BCUT2D eigenvalue weighted by Crippen LogP contribution is 2.20. The fourth-order valence-corrected chi connectivity index (χ4v) is 3.94. The van der Waals surface area contributed by atoms with Crippen LogP contribution in [0.3, 0.4) is 0 Å². The molecule has 3 heteroatoms. The molecule has 0 fully saturated rings. The first-order valence-corrected chi connectivity index (χ1v) is 11.6. The molecule has 0 saturated heterocycles. The second kappa shape index (κ2) is 12.7. The number of fused-ring (bicyclic) bond motifs is 1. The monoisotopic (exact) mass is 416 g/mol. The zero-order valence-corrected chi connectivity index (χ0v) is 18.4. The van der Waals surface area contributed by atoms with E-state index in [0.29, 0.717) is 6.42 Å². The quantitative estimate of drug-likeness (QED) is 0.243. The Hall–Kier alpha value is -2.94. The molecule has 1 N–H and O–H groups in total. The first-order chi connectivity index (χ1) is 15.2. The normalized spacial score (nSPS) is 11.4. The van der Waals surface area contributed by atoms with E-state index in [9.17, 15) is 4.79 Å². The van der Waals surface area contributed by atoms with Crippen molar-refractivity contribution in [2.75, 3.05) is 0 Å². The van der Waals surface area contributed by atoms with Gasteiger partial charge in [-0.25, -0.2) is 4.57 Å². The minimum Gasteiger partial charge on any atom is -0.481 e. The van der Waals surface area contributed by atoms with Crippen molar-refractivity contribution in [1.29, 1.82) is 0 Å². The maximum atomic E-state index is 10.5. The van der Waals surface area contributed by atoms with Gasteiger partial charge < -0.3 is 5.11 Å². The highest BCUT2D eigenvalue weighted by molar-refractivity contribution is 5.92. The number of aliphatic carboxylic acids is 1. The van der Waals surface area contributed by atoms with Crippen molar-refractivity contribution in [3.63, 3.8) is 0 Å². The maximum Gasteiger partial charge on any atom is 0.303 e. The lowest BCUT2D eigenvalue weighted by atomic mass is 10.0. The third-order valence-electron chi connectivity index (χ3n) is 5.75. The average molecular weight is 417 g/mol. The number of aromatic nitrogens is 1. The first kappa shape index (κ1) is 22.7. The Kier molecular flexibility index (Phi) is 9.31. The number of rotatable bonds is 13. The Morgan fingerprint density at radius 3 is 2.13 bits per heavy atom. The van der Waals surface area contributed by atoms with Crippen LogP contribution in [0.4, 0.5) is 0 Å². The molecular weight excluding hydrogens is 382 g/mol. The van der Waals surface area contributed by atoms with Gasteiger partial charge in [0.2, 0.25) is 0 Å². The summed E-state index contributed by atoms with van der Waals surface area (Å²) >= 11 is 0. The molecule has 1 heterocycles. The predicted octanol–water partition coefficient (Wildman–Crippen LogP) is 6.89. The van der Waals surface area contributed by atoms with Crippen molar-refractivity contribution in [3.05, 3.63) is 78.1 Å². The predicted molar refractivity (Wildman–Crippen MR) is 129 cm³/mol. The molecule has 0 amide bonds. The zero-order chi connectivity index (χ0) is 21.7. The van der Waals surface area contributed by atoms with E-state index in [4.69, 9.17) is 5.11 Å². The number of carboxylic acid groups (broad SMARTS) is 1. The van der Waals surface area contributed by atoms with Crippen molar-refractivity contribution < 1.29 is 14.5 Å². The summed E-state index contributed by atoms with van der Waals surface area (Å²) in [6, 6.07) is 19.3. The van der Waals surface area contributed by atoms with Crippen LogP contribution in [-0.2, 0) is 11.3 Å². The van der Waals surface area contributed by atoms with Crippen LogP contribution in [0.15, 0.2) is 67.0 Å². The zero-order valence-electron chi connectivity index (χ0n) is 18.4. The molecule has 3 rings (SSSR count). The van der Waals surface area contributed by atoms with Gasteiger partial charge in [-0.1, -0.05) is 86.7 Å². The lowest BCUT2D eigenvalue weighted by Gasteiger charge is -2.02. The third kappa shape index (κ3) is 8.01. The molecule has 3 aromatic rings. The number of pyridine rings is 1. The van der Waals surface area contributed by atoms with Gasteiger partial charge in [-0.05, 0) is 34.7 Å². The van der Waals surface area contributed by atoms with E-state index in [0.717, 1.165) is 25.8 Å². The number of hydrogen-bond donors (Lipinski definition) is 1. The minimum atomic E-state index is -0.675. The molecule has 0 saturated carbocycles. The third-order valence-corrected chi connectivity index (χ3v) is 5.75. The Labute approximate surface area is 186 Å². The lowest BCUT2D eigenvalue weighted by Crippen LogP contribution is -2.32. The van der Waals surface area contributed by atoms with Crippen LogP contribution in [-0.4, -0.2) is 11.1 Å². The van der Waals surface area contributed by atoms with E-state index in [2.05, 4.69) is 83.7 Å². The Morgan fingerprint density at radius 2 is 1.39 bits per heavy atom. The minimum absolute atomic E-state index is 0.314. The largest absolute Gasteiger partial charge is 0.481 e. The van der Waals surface area contributed by atoms with Gasteiger partial charge in [-0.2, -0.15) is 0 Å². The van der Waals surface area contributed by atoms with E-state index < -0.39 is 5.97 Å². The molecule has 1 aromatic heterocycles. The molecule has 3 nitrogen and oxygen atoms in total. The molecule has 31 heavy (non-hydrogen) atoms. The molecule has 0 aliphatic carbocycles. The molecule has 162 valence electrons. The van der Waals surface area contributed by atoms with Crippen LogP contribution in [0.1, 0.15) is 68.9 Å². The standard InChI is InChI=1S/C28H33NO2/c30-28(31)16-7-5-3-1-2-4-6-10-21-29-22-19-24(20-23-29)17-18-26-14-11-13-25-12-8-9-15-27(25)26/h8-9,11-15,17-20,22-23H,1-7,10,16,21H2/p+1/b18-17+. The van der Waals surface area contributed by atoms with Crippen LogP contribution in [0.25, 0.3) is 22.9 Å². The van der Waals surface area contributed by atoms with Crippen molar-refractivity contribution in [1.82, 2.24) is 0 Å². The molecule has 0 atom stereocenters. The van der Waals surface area contributed by atoms with Gasteiger partial charge in [0.15, 0.2) is 12.4 Å². The topological polar surface area (TPSA) is 41.2 Å². The number of hydrogen-bond acceptors (Lipinski definition) is 1. The first-order valence-electron chi connectivity index (χ1n) is 11.6. The van der Waals surface area contributed by atoms with Gasteiger partial charge in [-0.15, -0.1) is 0 Å². The second-order valence-electron chi connectivity index (χ2n) is 8.24. The highest BCUT2D eigenvalue weighted by atomic mass is 16.4. The molecule has 0 aliphatic rings. The fourth-order valence-electron chi connectivity index (χ4n) is 3.94. The summed E-state index contributed by atoms with van der Waals surface area (Å²) in [5.41, 5.74) is 2.46. The number of nitrogens with zero attached hydrogens (tertiary/aromatic N) is 1. The van der Waals surface area contributed by atoms with Gasteiger partial charge in [0.1, 0.15) is 6.54 Å². The van der Waals surface area contributed by atoms with Crippen LogP contribution in [0, 0.1) is 0 Å². The van der Waals surface area contributed by atoms with E-state index in [1.54, 1.807) is 0 Å². The summed E-state index contributed by atoms with van der Waals surface area (Å²) in [6.07, 6.45) is 18.3. The van der Waals surface area contributed by atoms with Gasteiger partial charge in [-0.3, -0.25) is 4.79 Å². The van der Waals surface area contributed by atoms with Crippen LogP contribution in [0.5, 0.6) is 0 Å². The Bertz CT molecular complexity index is 970. The molecule has 0 radical (unpaired) electrons. The van der Waals surface area contributed by atoms with Crippen molar-refractivity contribution in [2.45, 2.75) is 64.3 Å². The molecule has 0 unspecified atom stereocenters. The van der Waals surface area contributed by atoms with Gasteiger partial charge in [0.25, 0.3) is 0 Å². The van der Waals surface area contributed by atoms with E-state index in [-0.39, 0.29) is 0 Å². The van der Waals surface area contributed by atoms with E-state index >= 15 is 0 Å². The molecular formula is C28H34NO2+. The molecule has 0 aliphatic heterocycles. The van der Waals surface area contributed by atoms with Crippen LogP contribution in [0.2, 0.25) is 0 Å². The maximum absolute atomic E-state index is 10.5. The van der Waals surface area contributed by atoms with Crippen molar-refractivity contribution in [3.8, 4) is 0 Å². The summed E-state index contributed by atoms with van der Waals surface area (Å²) in [5.74, 6) is -0.675. The summed E-state index contributed by atoms with van der Waals surface area (Å²) in [4.78, 5) is 10.5.